The molecule has 2 heterocycles. The Kier molecular flexibility index (Phi) is 5.95. The molecule has 4 rings (SSSR count). The Labute approximate surface area is 179 Å². The minimum Gasteiger partial charge on any atom is -0.390 e. The van der Waals surface area contributed by atoms with Gasteiger partial charge in [-0.3, -0.25) is 4.89 Å². The summed E-state index contributed by atoms with van der Waals surface area (Å²) in [6.07, 6.45) is 3.23. The SMILES string of the molecule is CC(C)(O)C1CCC(NC(=O)N2CC(OOC(=O)c3ccc4ncsc4c3)C2)CC1. The van der Waals surface area contributed by atoms with E-state index in [9.17, 15) is 14.7 Å². The van der Waals surface area contributed by atoms with Crippen LogP contribution in [0.3, 0.4) is 0 Å². The molecule has 1 saturated heterocycles. The average molecular weight is 434 g/mol. The van der Waals surface area contributed by atoms with E-state index in [2.05, 4.69) is 10.3 Å². The summed E-state index contributed by atoms with van der Waals surface area (Å²) in [4.78, 5) is 40.5. The van der Waals surface area contributed by atoms with Gasteiger partial charge in [0.1, 0.15) is 6.10 Å². The highest BCUT2D eigenvalue weighted by molar-refractivity contribution is 7.16. The van der Waals surface area contributed by atoms with Crippen molar-refractivity contribution >= 4 is 33.6 Å². The van der Waals surface area contributed by atoms with Crippen molar-refractivity contribution < 1.29 is 24.5 Å². The van der Waals surface area contributed by atoms with Gasteiger partial charge in [0.25, 0.3) is 0 Å². The van der Waals surface area contributed by atoms with E-state index in [1.165, 1.54) is 11.3 Å². The average Bonchev–Trinajstić information content (AvgIpc) is 3.14. The number of likely N-dealkylation sites (tertiary alicyclic amines) is 1. The van der Waals surface area contributed by atoms with E-state index in [1.807, 2.05) is 13.8 Å². The lowest BCUT2D eigenvalue weighted by Crippen LogP contribution is -2.59. The maximum absolute atomic E-state index is 12.4. The van der Waals surface area contributed by atoms with E-state index in [1.54, 1.807) is 28.6 Å². The van der Waals surface area contributed by atoms with E-state index < -0.39 is 11.6 Å². The minimum absolute atomic E-state index is 0.122. The number of aliphatic hydroxyl groups is 1. The van der Waals surface area contributed by atoms with Gasteiger partial charge in [-0.2, -0.15) is 4.89 Å². The molecule has 2 N–H and O–H groups in total. The van der Waals surface area contributed by atoms with E-state index in [0.717, 1.165) is 35.9 Å². The van der Waals surface area contributed by atoms with E-state index in [-0.39, 0.29) is 24.1 Å². The number of nitrogens with zero attached hydrogens (tertiary/aromatic N) is 2. The number of hydrogen-bond acceptors (Lipinski definition) is 7. The first-order valence-electron chi connectivity index (χ1n) is 10.3. The Hall–Kier alpha value is -2.23. The summed E-state index contributed by atoms with van der Waals surface area (Å²) in [5.41, 5.74) is 2.30. The Bertz CT molecular complexity index is 911. The number of nitrogens with one attached hydrogen (secondary N) is 1. The molecule has 0 atom stereocenters. The lowest BCUT2D eigenvalue weighted by Gasteiger charge is -2.40. The number of amides is 2. The summed E-state index contributed by atoms with van der Waals surface area (Å²) in [6, 6.07) is 5.17. The summed E-state index contributed by atoms with van der Waals surface area (Å²) in [6.45, 7) is 4.46. The van der Waals surface area contributed by atoms with Crippen molar-refractivity contribution in [3.05, 3.63) is 29.3 Å². The molecule has 0 radical (unpaired) electrons. The molecule has 2 aliphatic rings. The molecule has 0 bridgehead atoms. The van der Waals surface area contributed by atoms with Crippen LogP contribution in [0.2, 0.25) is 0 Å². The molecule has 2 aromatic rings. The van der Waals surface area contributed by atoms with Crippen molar-refractivity contribution in [1.82, 2.24) is 15.2 Å². The van der Waals surface area contributed by atoms with Crippen molar-refractivity contribution in [1.29, 1.82) is 0 Å². The van der Waals surface area contributed by atoms with Gasteiger partial charge in [-0.25, -0.2) is 14.6 Å². The van der Waals surface area contributed by atoms with Gasteiger partial charge in [-0.05, 0) is 63.6 Å². The summed E-state index contributed by atoms with van der Waals surface area (Å²) in [7, 11) is 0. The molecular formula is C21H27N3O5S. The molecule has 0 unspecified atom stereocenters. The van der Waals surface area contributed by atoms with Crippen LogP contribution in [0.5, 0.6) is 0 Å². The van der Waals surface area contributed by atoms with Crippen LogP contribution < -0.4 is 5.32 Å². The van der Waals surface area contributed by atoms with Crippen molar-refractivity contribution in [2.45, 2.75) is 57.3 Å². The van der Waals surface area contributed by atoms with Gasteiger partial charge in [-0.15, -0.1) is 11.3 Å². The third kappa shape index (κ3) is 4.74. The summed E-state index contributed by atoms with van der Waals surface area (Å²) in [5, 5.41) is 13.2. The van der Waals surface area contributed by atoms with Crippen LogP contribution in [0.4, 0.5) is 4.79 Å². The normalized spacial score (nSPS) is 22.6. The topological polar surface area (TPSA) is 101 Å². The predicted octanol–water partition coefficient (Wildman–Crippen LogP) is 3.11. The molecule has 30 heavy (non-hydrogen) atoms. The van der Waals surface area contributed by atoms with E-state index in [0.29, 0.717) is 18.7 Å². The number of hydrogen-bond donors (Lipinski definition) is 2. The lowest BCUT2D eigenvalue weighted by atomic mass is 9.77. The zero-order valence-electron chi connectivity index (χ0n) is 17.2. The second kappa shape index (κ2) is 8.49. The maximum Gasteiger partial charge on any atom is 0.373 e. The first-order chi connectivity index (χ1) is 14.3. The van der Waals surface area contributed by atoms with Gasteiger partial charge < -0.3 is 15.3 Å². The van der Waals surface area contributed by atoms with Crippen molar-refractivity contribution in [3.8, 4) is 0 Å². The predicted molar refractivity (Wildman–Crippen MR) is 112 cm³/mol. The monoisotopic (exact) mass is 433 g/mol. The first kappa shape index (κ1) is 21.0. The molecule has 1 aliphatic heterocycles. The third-order valence-corrected chi connectivity index (χ3v) is 6.81. The Morgan fingerprint density at radius 2 is 1.97 bits per heavy atom. The fourth-order valence-corrected chi connectivity index (χ4v) is 4.73. The molecule has 1 aromatic carbocycles. The molecule has 2 amide bonds. The number of aromatic nitrogens is 1. The van der Waals surface area contributed by atoms with Crippen LogP contribution in [0.25, 0.3) is 10.2 Å². The fourth-order valence-electron chi connectivity index (χ4n) is 4.02. The van der Waals surface area contributed by atoms with E-state index in [4.69, 9.17) is 9.78 Å². The van der Waals surface area contributed by atoms with Crippen LogP contribution >= 0.6 is 11.3 Å². The van der Waals surface area contributed by atoms with Crippen LogP contribution in [0.1, 0.15) is 49.9 Å². The summed E-state index contributed by atoms with van der Waals surface area (Å²) < 4.78 is 0.910. The molecule has 1 saturated carbocycles. The Morgan fingerprint density at radius 1 is 1.23 bits per heavy atom. The highest BCUT2D eigenvalue weighted by Gasteiger charge is 2.36. The maximum atomic E-state index is 12.4. The minimum atomic E-state index is -0.666. The molecule has 162 valence electrons. The fraction of sp³-hybridized carbons (Fsp3) is 0.571. The number of rotatable bonds is 5. The second-order valence-corrected chi connectivity index (χ2v) is 9.57. The van der Waals surface area contributed by atoms with Gasteiger partial charge in [-0.1, -0.05) is 0 Å². The van der Waals surface area contributed by atoms with Gasteiger partial charge in [0.05, 0.1) is 40.0 Å². The number of urea groups is 1. The standard InChI is InChI=1S/C21H27N3O5S/c1-21(2,27)14-4-6-15(7-5-14)23-20(26)24-10-16(11-24)28-29-19(25)13-3-8-17-18(9-13)30-12-22-17/h3,8-9,12,14-16,27H,4-7,10-11H2,1-2H3,(H,23,26). The highest BCUT2D eigenvalue weighted by Crippen LogP contribution is 2.32. The van der Waals surface area contributed by atoms with Crippen LogP contribution in [-0.2, 0) is 9.78 Å². The van der Waals surface area contributed by atoms with Gasteiger partial charge in [0.15, 0.2) is 0 Å². The van der Waals surface area contributed by atoms with Gasteiger partial charge >= 0.3 is 12.0 Å². The highest BCUT2D eigenvalue weighted by atomic mass is 32.1. The number of thiazole rings is 1. The van der Waals surface area contributed by atoms with Crippen LogP contribution in [0.15, 0.2) is 23.7 Å². The van der Waals surface area contributed by atoms with Crippen molar-refractivity contribution in [2.75, 3.05) is 13.1 Å². The molecule has 2 fully saturated rings. The molecule has 8 nitrogen and oxygen atoms in total. The summed E-state index contributed by atoms with van der Waals surface area (Å²) >= 11 is 1.45. The molecule has 9 heteroatoms. The number of fused-ring (bicyclic) bond motifs is 1. The van der Waals surface area contributed by atoms with Crippen LogP contribution in [-0.4, -0.2) is 57.8 Å². The zero-order valence-corrected chi connectivity index (χ0v) is 18.0. The number of benzene rings is 1. The first-order valence-corrected chi connectivity index (χ1v) is 11.2. The smallest absolute Gasteiger partial charge is 0.373 e. The lowest BCUT2D eigenvalue weighted by molar-refractivity contribution is -0.293. The number of carbonyl (C=O) groups is 2. The van der Waals surface area contributed by atoms with Crippen molar-refractivity contribution in [3.63, 3.8) is 0 Å². The molecule has 1 aromatic heterocycles. The largest absolute Gasteiger partial charge is 0.390 e. The number of carbonyl (C=O) groups excluding carboxylic acids is 2. The van der Waals surface area contributed by atoms with E-state index >= 15 is 0 Å². The molecule has 1 aliphatic carbocycles. The zero-order chi connectivity index (χ0) is 21.3. The van der Waals surface area contributed by atoms with Crippen LogP contribution in [0, 0.1) is 5.92 Å². The second-order valence-electron chi connectivity index (χ2n) is 8.68. The quantitative estimate of drug-likeness (QED) is 0.555. The van der Waals surface area contributed by atoms with Crippen molar-refractivity contribution in [2.24, 2.45) is 5.92 Å². The summed E-state index contributed by atoms with van der Waals surface area (Å²) in [5.74, 6) is -0.282. The molecule has 0 spiro atoms. The van der Waals surface area contributed by atoms with Gasteiger partial charge in [0.2, 0.25) is 0 Å². The Balaban J connectivity index is 1.16. The van der Waals surface area contributed by atoms with Gasteiger partial charge in [0, 0.05) is 6.04 Å². The molecular weight excluding hydrogens is 406 g/mol. The Morgan fingerprint density at radius 3 is 2.67 bits per heavy atom. The third-order valence-electron chi connectivity index (χ3n) is 6.02.